The summed E-state index contributed by atoms with van der Waals surface area (Å²) in [5.74, 6) is -1.89. The zero-order valence-electron chi connectivity index (χ0n) is 13.3. The number of alkyl halides is 3. The van der Waals surface area contributed by atoms with E-state index in [-0.39, 0.29) is 22.9 Å². The topological polar surface area (TPSA) is 83.5 Å². The van der Waals surface area contributed by atoms with Crippen molar-refractivity contribution in [3.05, 3.63) is 29.8 Å². The largest absolute Gasteiger partial charge is 0.481 e. The molecule has 5 nitrogen and oxygen atoms in total. The van der Waals surface area contributed by atoms with E-state index in [9.17, 15) is 26.4 Å². The number of aliphatic carboxylic acids is 1. The van der Waals surface area contributed by atoms with Gasteiger partial charge in [0.15, 0.2) is 0 Å². The number of carboxylic acid groups (broad SMARTS) is 1. The van der Waals surface area contributed by atoms with Crippen LogP contribution in [0.1, 0.15) is 25.8 Å². The molecule has 0 bridgehead atoms. The van der Waals surface area contributed by atoms with E-state index < -0.39 is 34.5 Å². The highest BCUT2D eigenvalue weighted by molar-refractivity contribution is 7.89. The predicted octanol–water partition coefficient (Wildman–Crippen LogP) is 2.82. The van der Waals surface area contributed by atoms with Crippen LogP contribution in [-0.4, -0.2) is 32.2 Å². The van der Waals surface area contributed by atoms with Gasteiger partial charge >= 0.3 is 12.1 Å². The lowest BCUT2D eigenvalue weighted by Gasteiger charge is -2.15. The molecule has 1 aromatic carbocycles. The molecule has 1 atom stereocenters. The third kappa shape index (κ3) is 6.88. The van der Waals surface area contributed by atoms with Crippen molar-refractivity contribution in [1.82, 2.24) is 4.72 Å². The first kappa shape index (κ1) is 20.4. The fraction of sp³-hybridized carbons (Fsp3) is 0.533. The lowest BCUT2D eigenvalue weighted by atomic mass is 9.98. The normalized spacial score (nSPS) is 13.9. The Kier molecular flexibility index (Phi) is 6.79. The molecule has 0 aliphatic carbocycles. The van der Waals surface area contributed by atoms with Gasteiger partial charge in [0, 0.05) is 6.54 Å². The second-order valence-corrected chi connectivity index (χ2v) is 7.72. The number of sulfonamides is 1. The van der Waals surface area contributed by atoms with Gasteiger partial charge in [-0.05, 0) is 30.0 Å². The minimum Gasteiger partial charge on any atom is -0.481 e. The van der Waals surface area contributed by atoms with Gasteiger partial charge in [0.1, 0.15) is 0 Å². The highest BCUT2D eigenvalue weighted by Gasteiger charge is 2.28. The van der Waals surface area contributed by atoms with Gasteiger partial charge in [-0.1, -0.05) is 26.0 Å². The van der Waals surface area contributed by atoms with Gasteiger partial charge in [-0.25, -0.2) is 13.1 Å². The average Bonchev–Trinajstić information content (AvgIpc) is 2.41. The second-order valence-electron chi connectivity index (χ2n) is 5.95. The highest BCUT2D eigenvalue weighted by atomic mass is 32.2. The van der Waals surface area contributed by atoms with Gasteiger partial charge in [0.2, 0.25) is 10.0 Å². The van der Waals surface area contributed by atoms with Crippen molar-refractivity contribution in [2.45, 2.75) is 37.8 Å². The lowest BCUT2D eigenvalue weighted by molar-refractivity contribution is -0.142. The Morgan fingerprint density at radius 2 is 1.75 bits per heavy atom. The molecule has 0 aliphatic heterocycles. The summed E-state index contributed by atoms with van der Waals surface area (Å²) in [7, 11) is -3.98. The predicted molar refractivity (Wildman–Crippen MR) is 82.0 cm³/mol. The molecule has 0 aliphatic rings. The molecule has 0 aromatic heterocycles. The monoisotopic (exact) mass is 367 g/mol. The van der Waals surface area contributed by atoms with Crippen molar-refractivity contribution in [2.75, 3.05) is 6.54 Å². The number of benzene rings is 1. The van der Waals surface area contributed by atoms with Crippen molar-refractivity contribution >= 4 is 16.0 Å². The van der Waals surface area contributed by atoms with Crippen LogP contribution in [0.5, 0.6) is 0 Å². The molecule has 1 unspecified atom stereocenters. The van der Waals surface area contributed by atoms with Gasteiger partial charge in [0.25, 0.3) is 0 Å². The number of nitrogens with one attached hydrogen (secondary N) is 1. The van der Waals surface area contributed by atoms with Crippen LogP contribution >= 0.6 is 0 Å². The molecule has 0 radical (unpaired) electrons. The number of halogens is 3. The molecule has 0 saturated heterocycles. The summed E-state index contributed by atoms with van der Waals surface area (Å²) in [5.41, 5.74) is -0.0512. The Hall–Kier alpha value is -1.61. The fourth-order valence-corrected chi connectivity index (χ4v) is 3.23. The smallest absolute Gasteiger partial charge is 0.393 e. The third-order valence-corrected chi connectivity index (χ3v) is 4.70. The van der Waals surface area contributed by atoms with Crippen LogP contribution in [0.3, 0.4) is 0 Å². The molecular formula is C15H20F3NO4S. The van der Waals surface area contributed by atoms with Gasteiger partial charge in [-0.2, -0.15) is 13.2 Å². The maximum atomic E-state index is 12.3. The van der Waals surface area contributed by atoms with Crippen LogP contribution in [0.4, 0.5) is 13.2 Å². The Labute approximate surface area is 138 Å². The molecule has 9 heteroatoms. The Bertz CT molecular complexity index is 654. The Balaban J connectivity index is 2.79. The first-order valence-corrected chi connectivity index (χ1v) is 8.77. The van der Waals surface area contributed by atoms with E-state index in [4.69, 9.17) is 5.11 Å². The zero-order valence-corrected chi connectivity index (χ0v) is 14.1. The molecule has 0 heterocycles. The lowest BCUT2D eigenvalue weighted by Crippen LogP contribution is -2.33. The third-order valence-electron chi connectivity index (χ3n) is 3.26. The van der Waals surface area contributed by atoms with E-state index in [1.807, 2.05) is 13.8 Å². The summed E-state index contributed by atoms with van der Waals surface area (Å²) in [6.45, 7) is 3.37. The van der Waals surface area contributed by atoms with E-state index in [0.717, 1.165) is 24.3 Å². The van der Waals surface area contributed by atoms with E-state index in [0.29, 0.717) is 6.42 Å². The standard InChI is InChI=1S/C15H20F3NO4S/c1-10(2)7-12(14(20)21)9-19-24(22,23)13-5-3-11(4-6-13)8-15(16,17)18/h3-6,10,12,19H,7-9H2,1-2H3,(H,20,21). The minimum atomic E-state index is -4.37. The molecule has 1 rings (SSSR count). The quantitative estimate of drug-likeness (QED) is 0.740. The van der Waals surface area contributed by atoms with E-state index >= 15 is 0 Å². The van der Waals surface area contributed by atoms with E-state index in [1.54, 1.807) is 0 Å². The van der Waals surface area contributed by atoms with E-state index in [2.05, 4.69) is 4.72 Å². The number of carboxylic acids is 1. The Morgan fingerprint density at radius 3 is 2.17 bits per heavy atom. The summed E-state index contributed by atoms with van der Waals surface area (Å²) >= 11 is 0. The first-order valence-electron chi connectivity index (χ1n) is 7.29. The molecular weight excluding hydrogens is 347 g/mol. The van der Waals surface area contributed by atoms with Crippen molar-refractivity contribution in [2.24, 2.45) is 11.8 Å². The van der Waals surface area contributed by atoms with Crippen molar-refractivity contribution in [3.63, 3.8) is 0 Å². The summed E-state index contributed by atoms with van der Waals surface area (Å²) < 4.78 is 63.3. The molecule has 0 fully saturated rings. The molecule has 0 spiro atoms. The fourth-order valence-electron chi connectivity index (χ4n) is 2.15. The summed E-state index contributed by atoms with van der Waals surface area (Å²) in [6, 6.07) is 4.32. The maximum absolute atomic E-state index is 12.3. The van der Waals surface area contributed by atoms with Gasteiger partial charge in [0.05, 0.1) is 17.2 Å². The Morgan fingerprint density at radius 1 is 1.21 bits per heavy atom. The first-order chi connectivity index (χ1) is 10.9. The molecule has 0 saturated carbocycles. The SMILES string of the molecule is CC(C)CC(CNS(=O)(=O)c1ccc(CC(F)(F)F)cc1)C(=O)O. The molecule has 136 valence electrons. The molecule has 24 heavy (non-hydrogen) atoms. The van der Waals surface area contributed by atoms with Crippen LogP contribution in [0.15, 0.2) is 29.2 Å². The zero-order chi connectivity index (χ0) is 18.5. The summed E-state index contributed by atoms with van der Waals surface area (Å²) in [6.07, 6.45) is -5.21. The van der Waals surface area contributed by atoms with Crippen LogP contribution < -0.4 is 4.72 Å². The minimum absolute atomic E-state index is 0.0512. The summed E-state index contributed by atoms with van der Waals surface area (Å²) in [4.78, 5) is 10.9. The van der Waals surface area contributed by atoms with Crippen molar-refractivity contribution < 1.29 is 31.5 Å². The van der Waals surface area contributed by atoms with E-state index in [1.165, 1.54) is 0 Å². The molecule has 0 amide bonds. The highest BCUT2D eigenvalue weighted by Crippen LogP contribution is 2.22. The second kappa shape index (κ2) is 7.98. The summed E-state index contributed by atoms with van der Waals surface area (Å²) in [5, 5.41) is 9.09. The average molecular weight is 367 g/mol. The van der Waals surface area contributed by atoms with Crippen molar-refractivity contribution in [1.29, 1.82) is 0 Å². The van der Waals surface area contributed by atoms with Crippen LogP contribution in [-0.2, 0) is 21.2 Å². The van der Waals surface area contributed by atoms with Crippen LogP contribution in [0.25, 0.3) is 0 Å². The number of carbonyl (C=O) groups is 1. The number of rotatable bonds is 8. The van der Waals surface area contributed by atoms with Gasteiger partial charge < -0.3 is 5.11 Å². The van der Waals surface area contributed by atoms with Crippen LogP contribution in [0, 0.1) is 11.8 Å². The van der Waals surface area contributed by atoms with Gasteiger partial charge in [-0.15, -0.1) is 0 Å². The molecule has 2 N–H and O–H groups in total. The maximum Gasteiger partial charge on any atom is 0.393 e. The number of hydrogen-bond acceptors (Lipinski definition) is 3. The van der Waals surface area contributed by atoms with Crippen LogP contribution in [0.2, 0.25) is 0 Å². The van der Waals surface area contributed by atoms with Crippen molar-refractivity contribution in [3.8, 4) is 0 Å². The number of hydrogen-bond donors (Lipinski definition) is 2. The molecule has 1 aromatic rings. The van der Waals surface area contributed by atoms with Gasteiger partial charge in [-0.3, -0.25) is 4.79 Å².